The molecule has 7 heteroatoms. The summed E-state index contributed by atoms with van der Waals surface area (Å²) in [5.74, 6) is -0.204. The zero-order valence-corrected chi connectivity index (χ0v) is 13.8. The molecule has 1 aromatic heterocycles. The Morgan fingerprint density at radius 1 is 1.12 bits per heavy atom. The molecule has 0 unspecified atom stereocenters. The molecule has 0 spiro atoms. The highest BCUT2D eigenvalue weighted by molar-refractivity contribution is 6.04. The first-order valence-corrected chi connectivity index (χ1v) is 8.34. The second-order valence-corrected chi connectivity index (χ2v) is 6.48. The Morgan fingerprint density at radius 3 is 2.46 bits per heavy atom. The van der Waals surface area contributed by atoms with E-state index in [2.05, 4.69) is 10.2 Å². The lowest BCUT2D eigenvalue weighted by Gasteiger charge is -2.22. The van der Waals surface area contributed by atoms with Gasteiger partial charge in [0, 0.05) is 18.0 Å². The van der Waals surface area contributed by atoms with Gasteiger partial charge >= 0.3 is 6.18 Å². The Morgan fingerprint density at radius 2 is 1.81 bits per heavy atom. The highest BCUT2D eigenvalue weighted by Crippen LogP contribution is 2.32. The van der Waals surface area contributed by atoms with E-state index in [-0.39, 0.29) is 18.5 Å². The summed E-state index contributed by atoms with van der Waals surface area (Å²) in [6.45, 7) is 0.267. The molecular formula is C19H16F3N3O. The Bertz CT molecular complexity index is 943. The molecule has 1 aliphatic carbocycles. The van der Waals surface area contributed by atoms with Gasteiger partial charge in [-0.15, -0.1) is 0 Å². The first-order chi connectivity index (χ1) is 12.4. The molecule has 1 N–H and O–H groups in total. The highest BCUT2D eigenvalue weighted by atomic mass is 19.4. The fourth-order valence-corrected chi connectivity index (χ4v) is 3.01. The molecule has 4 rings (SSSR count). The van der Waals surface area contributed by atoms with Crippen LogP contribution in [-0.4, -0.2) is 27.0 Å². The number of carbonyl (C=O) groups is 1. The van der Waals surface area contributed by atoms with Crippen LogP contribution in [0.5, 0.6) is 0 Å². The smallest absolute Gasteiger partial charge is 0.330 e. The number of H-pyrrole nitrogens is 1. The number of carbonyl (C=O) groups excluding carboxylic acids is 1. The van der Waals surface area contributed by atoms with E-state index >= 15 is 0 Å². The van der Waals surface area contributed by atoms with E-state index in [0.29, 0.717) is 11.3 Å². The number of rotatable bonds is 4. The summed E-state index contributed by atoms with van der Waals surface area (Å²) in [4.78, 5) is 14.7. The molecule has 0 atom stereocenters. The maximum absolute atomic E-state index is 13.0. The van der Waals surface area contributed by atoms with Crippen LogP contribution in [0.25, 0.3) is 10.9 Å². The van der Waals surface area contributed by atoms with Gasteiger partial charge in [0.2, 0.25) is 0 Å². The Kier molecular flexibility index (Phi) is 3.94. The maximum Gasteiger partial charge on any atom is 0.416 e. The largest absolute Gasteiger partial charge is 0.416 e. The predicted octanol–water partition coefficient (Wildman–Crippen LogP) is 4.39. The molecule has 0 aliphatic heterocycles. The summed E-state index contributed by atoms with van der Waals surface area (Å²) in [5, 5.41) is 7.74. The summed E-state index contributed by atoms with van der Waals surface area (Å²) in [7, 11) is 0. The molecule has 1 heterocycles. The zero-order chi connectivity index (χ0) is 18.3. The fourth-order valence-electron chi connectivity index (χ4n) is 3.01. The van der Waals surface area contributed by atoms with Crippen LogP contribution in [0.1, 0.15) is 34.5 Å². The number of para-hydroxylation sites is 1. The van der Waals surface area contributed by atoms with E-state index in [0.717, 1.165) is 35.9 Å². The Hall–Kier alpha value is -2.83. The van der Waals surface area contributed by atoms with Crippen molar-refractivity contribution in [2.24, 2.45) is 0 Å². The minimum Gasteiger partial charge on any atom is -0.330 e. The molecule has 1 fully saturated rings. The SMILES string of the molecule is O=C(c1n[nH]c2ccccc12)N(Cc1ccc(C(F)(F)F)cc1)C1CC1. The molecule has 3 aromatic rings. The molecule has 2 aromatic carbocycles. The van der Waals surface area contributed by atoms with Crippen LogP contribution in [-0.2, 0) is 12.7 Å². The van der Waals surface area contributed by atoms with Gasteiger partial charge in [-0.3, -0.25) is 9.89 Å². The van der Waals surface area contributed by atoms with E-state index in [1.807, 2.05) is 24.3 Å². The van der Waals surface area contributed by atoms with Gasteiger partial charge in [0.1, 0.15) is 0 Å². The molecular weight excluding hydrogens is 343 g/mol. The molecule has 1 saturated carbocycles. The van der Waals surface area contributed by atoms with E-state index in [1.54, 1.807) is 4.90 Å². The molecule has 0 saturated heterocycles. The third-order valence-corrected chi connectivity index (χ3v) is 4.56. The van der Waals surface area contributed by atoms with Crippen molar-refractivity contribution in [1.29, 1.82) is 0 Å². The summed E-state index contributed by atoms with van der Waals surface area (Å²) in [6, 6.07) is 12.4. The molecule has 0 bridgehead atoms. The lowest BCUT2D eigenvalue weighted by atomic mass is 10.1. The summed E-state index contributed by atoms with van der Waals surface area (Å²) >= 11 is 0. The fraction of sp³-hybridized carbons (Fsp3) is 0.263. The number of amides is 1. The first kappa shape index (κ1) is 16.6. The Balaban J connectivity index is 1.59. The van der Waals surface area contributed by atoms with Gasteiger partial charge in [0.05, 0.1) is 11.1 Å². The number of hydrogen-bond donors (Lipinski definition) is 1. The van der Waals surface area contributed by atoms with Gasteiger partial charge in [0.25, 0.3) is 5.91 Å². The number of nitrogens with one attached hydrogen (secondary N) is 1. The van der Waals surface area contributed by atoms with Crippen molar-refractivity contribution in [2.75, 3.05) is 0 Å². The molecule has 4 nitrogen and oxygen atoms in total. The van der Waals surface area contributed by atoms with Crippen LogP contribution in [0.4, 0.5) is 13.2 Å². The number of fused-ring (bicyclic) bond motifs is 1. The second-order valence-electron chi connectivity index (χ2n) is 6.48. The van der Waals surface area contributed by atoms with Crippen LogP contribution < -0.4 is 0 Å². The lowest BCUT2D eigenvalue weighted by molar-refractivity contribution is -0.137. The number of alkyl halides is 3. The Labute approximate surface area is 147 Å². The average molecular weight is 359 g/mol. The van der Waals surface area contributed by atoms with Crippen LogP contribution in [0.2, 0.25) is 0 Å². The topological polar surface area (TPSA) is 49.0 Å². The van der Waals surface area contributed by atoms with Crippen molar-refractivity contribution in [1.82, 2.24) is 15.1 Å². The predicted molar refractivity (Wildman–Crippen MR) is 90.4 cm³/mol. The number of benzene rings is 2. The molecule has 1 aliphatic rings. The van der Waals surface area contributed by atoms with Crippen LogP contribution in [0, 0.1) is 0 Å². The quantitative estimate of drug-likeness (QED) is 0.751. The standard InChI is InChI=1S/C19H16F3N3O/c20-19(21,22)13-7-5-12(6-8-13)11-25(14-9-10-14)18(26)17-15-3-1-2-4-16(15)23-24-17/h1-8,14H,9-11H2,(H,23,24). The van der Waals surface area contributed by atoms with E-state index < -0.39 is 11.7 Å². The average Bonchev–Trinajstić information content (AvgIpc) is 3.37. The van der Waals surface area contributed by atoms with Crippen molar-refractivity contribution in [2.45, 2.75) is 31.6 Å². The van der Waals surface area contributed by atoms with Crippen LogP contribution >= 0.6 is 0 Å². The summed E-state index contributed by atoms with van der Waals surface area (Å²) in [6.07, 6.45) is -2.57. The maximum atomic E-state index is 13.0. The van der Waals surface area contributed by atoms with Crippen molar-refractivity contribution in [3.05, 3.63) is 65.4 Å². The molecule has 1 amide bonds. The molecule has 26 heavy (non-hydrogen) atoms. The van der Waals surface area contributed by atoms with Crippen molar-refractivity contribution in [3.8, 4) is 0 Å². The van der Waals surface area contributed by atoms with E-state index in [9.17, 15) is 18.0 Å². The minimum absolute atomic E-state index is 0.111. The van der Waals surface area contributed by atoms with Crippen LogP contribution in [0.3, 0.4) is 0 Å². The van der Waals surface area contributed by atoms with Gasteiger partial charge < -0.3 is 4.90 Å². The summed E-state index contributed by atoms with van der Waals surface area (Å²) < 4.78 is 38.1. The van der Waals surface area contributed by atoms with Gasteiger partial charge in [-0.1, -0.05) is 30.3 Å². The number of aromatic amines is 1. The number of hydrogen-bond acceptors (Lipinski definition) is 2. The second kappa shape index (κ2) is 6.16. The third-order valence-electron chi connectivity index (χ3n) is 4.56. The van der Waals surface area contributed by atoms with Crippen molar-refractivity contribution >= 4 is 16.8 Å². The highest BCUT2D eigenvalue weighted by Gasteiger charge is 2.35. The monoisotopic (exact) mass is 359 g/mol. The van der Waals surface area contributed by atoms with Crippen molar-refractivity contribution < 1.29 is 18.0 Å². The zero-order valence-electron chi connectivity index (χ0n) is 13.8. The molecule has 134 valence electrons. The summed E-state index contributed by atoms with van der Waals surface area (Å²) in [5.41, 5.74) is 1.10. The number of halogens is 3. The third kappa shape index (κ3) is 3.16. The van der Waals surface area contributed by atoms with Gasteiger partial charge in [-0.25, -0.2) is 0 Å². The normalized spacial score (nSPS) is 14.6. The van der Waals surface area contributed by atoms with Gasteiger partial charge in [-0.2, -0.15) is 18.3 Å². The number of nitrogens with zero attached hydrogens (tertiary/aromatic N) is 2. The van der Waals surface area contributed by atoms with Crippen molar-refractivity contribution in [3.63, 3.8) is 0 Å². The first-order valence-electron chi connectivity index (χ1n) is 8.34. The minimum atomic E-state index is -4.36. The van der Waals surface area contributed by atoms with E-state index in [1.165, 1.54) is 12.1 Å². The molecule has 0 radical (unpaired) electrons. The van der Waals surface area contributed by atoms with Gasteiger partial charge in [-0.05, 0) is 36.6 Å². The van der Waals surface area contributed by atoms with Gasteiger partial charge in [0.15, 0.2) is 5.69 Å². The lowest BCUT2D eigenvalue weighted by Crippen LogP contribution is -2.33. The number of aromatic nitrogens is 2. The van der Waals surface area contributed by atoms with E-state index in [4.69, 9.17) is 0 Å². The van der Waals surface area contributed by atoms with Crippen LogP contribution in [0.15, 0.2) is 48.5 Å².